The number of methoxy groups -OCH3 is 1. The van der Waals surface area contributed by atoms with Crippen molar-refractivity contribution >= 4 is 37.6 Å². The molecule has 0 amide bonds. The van der Waals surface area contributed by atoms with Gasteiger partial charge < -0.3 is 10.1 Å². The number of nitrogens with one attached hydrogen (secondary N) is 2. The maximum absolute atomic E-state index is 12.6. The van der Waals surface area contributed by atoms with E-state index in [1.54, 1.807) is 6.07 Å². The van der Waals surface area contributed by atoms with E-state index < -0.39 is 10.0 Å². The number of sulfonamides is 1. The third kappa shape index (κ3) is 3.90. The van der Waals surface area contributed by atoms with E-state index in [0.29, 0.717) is 10.2 Å². The van der Waals surface area contributed by atoms with Crippen LogP contribution in [0.3, 0.4) is 0 Å². The van der Waals surface area contributed by atoms with E-state index in [9.17, 15) is 8.42 Å². The molecule has 118 valence electrons. The maximum Gasteiger partial charge on any atom is 0.242 e. The van der Waals surface area contributed by atoms with Gasteiger partial charge in [-0.05, 0) is 53.5 Å². The Labute approximate surface area is 138 Å². The summed E-state index contributed by atoms with van der Waals surface area (Å²) < 4.78 is 33.4. The highest BCUT2D eigenvalue weighted by Gasteiger charge is 2.28. The average Bonchev–Trinajstić information content (AvgIpc) is 2.43. The van der Waals surface area contributed by atoms with Gasteiger partial charge in [-0.15, -0.1) is 0 Å². The molecule has 1 aliphatic rings. The van der Waals surface area contributed by atoms with Gasteiger partial charge in [0.2, 0.25) is 10.0 Å². The maximum atomic E-state index is 12.6. The van der Waals surface area contributed by atoms with Gasteiger partial charge in [0.25, 0.3) is 0 Å². The number of piperidine rings is 1. The van der Waals surface area contributed by atoms with Gasteiger partial charge in [-0.1, -0.05) is 18.5 Å². The second kappa shape index (κ2) is 6.83. The summed E-state index contributed by atoms with van der Waals surface area (Å²) >= 11 is 9.30. The van der Waals surface area contributed by atoms with E-state index >= 15 is 0 Å². The molecule has 1 saturated heterocycles. The standard InChI is InChI=1S/C13H18BrClN2O3S/c1-8-7-16-4-3-11(8)17-21(18,19)13-6-10(15)12(20-2)5-9(13)14/h5-6,8,11,16-17H,3-4,7H2,1-2H3. The smallest absolute Gasteiger partial charge is 0.242 e. The summed E-state index contributed by atoms with van der Waals surface area (Å²) in [5, 5.41) is 3.51. The summed E-state index contributed by atoms with van der Waals surface area (Å²) in [6, 6.07) is 2.88. The third-order valence-electron chi connectivity index (χ3n) is 3.59. The zero-order valence-corrected chi connectivity index (χ0v) is 15.0. The molecule has 0 saturated carbocycles. The summed E-state index contributed by atoms with van der Waals surface area (Å²) in [7, 11) is -2.15. The SMILES string of the molecule is COc1cc(Br)c(S(=O)(=O)NC2CCNCC2C)cc1Cl. The van der Waals surface area contributed by atoms with Crippen LogP contribution in [-0.2, 0) is 10.0 Å². The highest BCUT2D eigenvalue weighted by molar-refractivity contribution is 9.10. The van der Waals surface area contributed by atoms with E-state index in [0.717, 1.165) is 19.5 Å². The van der Waals surface area contributed by atoms with E-state index in [4.69, 9.17) is 16.3 Å². The normalized spacial score (nSPS) is 23.0. The van der Waals surface area contributed by atoms with Gasteiger partial charge in [0.1, 0.15) is 5.75 Å². The molecule has 1 aromatic rings. The molecule has 1 fully saturated rings. The lowest BCUT2D eigenvalue weighted by atomic mass is 9.97. The largest absolute Gasteiger partial charge is 0.495 e. The predicted octanol–water partition coefficient (Wildman–Crippen LogP) is 2.39. The molecule has 2 atom stereocenters. The van der Waals surface area contributed by atoms with Gasteiger partial charge in [0.05, 0.1) is 17.0 Å². The second-order valence-corrected chi connectivity index (χ2v) is 8.06. The van der Waals surface area contributed by atoms with E-state index in [-0.39, 0.29) is 21.9 Å². The molecule has 2 unspecified atom stereocenters. The molecule has 0 radical (unpaired) electrons. The minimum Gasteiger partial charge on any atom is -0.495 e. The fourth-order valence-corrected chi connectivity index (χ4v) is 5.06. The lowest BCUT2D eigenvalue weighted by Crippen LogP contribution is -2.48. The highest BCUT2D eigenvalue weighted by Crippen LogP contribution is 2.33. The van der Waals surface area contributed by atoms with Crippen molar-refractivity contribution in [1.29, 1.82) is 0 Å². The molecule has 2 N–H and O–H groups in total. The van der Waals surface area contributed by atoms with Gasteiger partial charge >= 0.3 is 0 Å². The van der Waals surface area contributed by atoms with Crippen LogP contribution in [0.25, 0.3) is 0 Å². The first-order valence-electron chi connectivity index (χ1n) is 6.61. The number of ether oxygens (including phenoxy) is 1. The summed E-state index contributed by atoms with van der Waals surface area (Å²) in [4.78, 5) is 0.124. The van der Waals surface area contributed by atoms with Gasteiger partial charge in [-0.25, -0.2) is 13.1 Å². The first-order chi connectivity index (χ1) is 9.85. The second-order valence-electron chi connectivity index (χ2n) is 5.12. The van der Waals surface area contributed by atoms with Gasteiger partial charge in [-0.2, -0.15) is 0 Å². The zero-order valence-electron chi connectivity index (χ0n) is 11.8. The molecular weight excluding hydrogens is 380 g/mol. The highest BCUT2D eigenvalue weighted by atomic mass is 79.9. The van der Waals surface area contributed by atoms with Crippen LogP contribution < -0.4 is 14.8 Å². The van der Waals surface area contributed by atoms with Crippen LogP contribution >= 0.6 is 27.5 Å². The van der Waals surface area contributed by atoms with Crippen molar-refractivity contribution in [3.8, 4) is 5.75 Å². The summed E-state index contributed by atoms with van der Waals surface area (Å²) in [5.41, 5.74) is 0. The molecular formula is C13H18BrClN2O3S. The predicted molar refractivity (Wildman–Crippen MR) is 86.5 cm³/mol. The monoisotopic (exact) mass is 396 g/mol. The van der Waals surface area contributed by atoms with Gasteiger partial charge in [-0.3, -0.25) is 0 Å². The summed E-state index contributed by atoms with van der Waals surface area (Å²) in [6.45, 7) is 3.63. The fraction of sp³-hybridized carbons (Fsp3) is 0.538. The molecule has 8 heteroatoms. The Kier molecular flexibility index (Phi) is 5.54. The molecule has 0 aromatic heterocycles. The van der Waals surface area contributed by atoms with E-state index in [1.165, 1.54) is 13.2 Å². The molecule has 21 heavy (non-hydrogen) atoms. The minimum atomic E-state index is -3.64. The van der Waals surface area contributed by atoms with E-state index in [2.05, 4.69) is 26.0 Å². The van der Waals surface area contributed by atoms with Crippen molar-refractivity contribution in [1.82, 2.24) is 10.0 Å². The molecule has 0 bridgehead atoms. The number of hydrogen-bond donors (Lipinski definition) is 2. The van der Waals surface area contributed by atoms with Crippen LogP contribution in [0.2, 0.25) is 5.02 Å². The number of rotatable bonds is 4. The average molecular weight is 398 g/mol. The Morgan fingerprint density at radius 2 is 2.19 bits per heavy atom. The van der Waals surface area contributed by atoms with Crippen LogP contribution in [0.5, 0.6) is 5.75 Å². The third-order valence-corrected chi connectivity index (χ3v) is 6.33. The molecule has 0 spiro atoms. The molecule has 1 aliphatic heterocycles. The zero-order chi connectivity index (χ0) is 15.6. The van der Waals surface area contributed by atoms with Crippen LogP contribution in [0, 0.1) is 5.92 Å². The van der Waals surface area contributed by atoms with Crippen molar-refractivity contribution < 1.29 is 13.2 Å². The number of halogens is 2. The first kappa shape index (κ1) is 17.0. The van der Waals surface area contributed by atoms with Gasteiger partial charge in [0.15, 0.2) is 0 Å². The van der Waals surface area contributed by atoms with Crippen LogP contribution in [0.15, 0.2) is 21.5 Å². The van der Waals surface area contributed by atoms with Crippen molar-refractivity contribution in [2.75, 3.05) is 20.2 Å². The topological polar surface area (TPSA) is 67.4 Å². The summed E-state index contributed by atoms with van der Waals surface area (Å²) in [6.07, 6.45) is 0.766. The van der Waals surface area contributed by atoms with Crippen molar-refractivity contribution in [2.24, 2.45) is 5.92 Å². The minimum absolute atomic E-state index is 0.0796. The van der Waals surface area contributed by atoms with Crippen molar-refractivity contribution in [2.45, 2.75) is 24.3 Å². The number of hydrogen-bond acceptors (Lipinski definition) is 4. The first-order valence-corrected chi connectivity index (χ1v) is 9.26. The molecule has 1 aromatic carbocycles. The van der Waals surface area contributed by atoms with Crippen molar-refractivity contribution in [3.63, 3.8) is 0 Å². The molecule has 5 nitrogen and oxygen atoms in total. The Hall–Kier alpha value is -0.340. The fourth-order valence-electron chi connectivity index (χ4n) is 2.32. The lowest BCUT2D eigenvalue weighted by Gasteiger charge is -2.30. The van der Waals surface area contributed by atoms with Gasteiger partial charge in [0, 0.05) is 10.5 Å². The van der Waals surface area contributed by atoms with Crippen LogP contribution in [0.4, 0.5) is 0 Å². The summed E-state index contributed by atoms with van der Waals surface area (Å²) in [5.74, 6) is 0.666. The Balaban J connectivity index is 2.29. The molecule has 1 heterocycles. The van der Waals surface area contributed by atoms with Crippen molar-refractivity contribution in [3.05, 3.63) is 21.6 Å². The van der Waals surface area contributed by atoms with E-state index in [1.807, 2.05) is 6.92 Å². The quantitative estimate of drug-likeness (QED) is 0.818. The Morgan fingerprint density at radius 3 is 2.81 bits per heavy atom. The Morgan fingerprint density at radius 1 is 1.48 bits per heavy atom. The number of benzene rings is 1. The lowest BCUT2D eigenvalue weighted by molar-refractivity contribution is 0.328. The Bertz CT molecular complexity index is 624. The van der Waals surface area contributed by atoms with Crippen LogP contribution in [0.1, 0.15) is 13.3 Å². The molecule has 2 rings (SSSR count). The van der Waals surface area contributed by atoms with Crippen LogP contribution in [-0.4, -0.2) is 34.7 Å². The molecule has 0 aliphatic carbocycles.